The highest BCUT2D eigenvalue weighted by Gasteiger charge is 2.26. The van der Waals surface area contributed by atoms with Gasteiger partial charge in [-0.3, -0.25) is 9.69 Å². The van der Waals surface area contributed by atoms with Crippen molar-refractivity contribution in [3.8, 4) is 0 Å². The van der Waals surface area contributed by atoms with Crippen molar-refractivity contribution >= 4 is 5.97 Å². The van der Waals surface area contributed by atoms with Gasteiger partial charge in [0.2, 0.25) is 0 Å². The maximum Gasteiger partial charge on any atom is 0.310 e. The molecule has 1 atom stereocenters. The molecule has 0 aliphatic carbocycles. The molecule has 1 fully saturated rings. The van der Waals surface area contributed by atoms with Crippen LogP contribution in [0.3, 0.4) is 0 Å². The van der Waals surface area contributed by atoms with Crippen molar-refractivity contribution in [1.29, 1.82) is 0 Å². The second-order valence-electron chi connectivity index (χ2n) is 5.35. The molecule has 1 unspecified atom stereocenters. The summed E-state index contributed by atoms with van der Waals surface area (Å²) in [5.41, 5.74) is 8.09. The number of hydrogen-bond donors (Lipinski definition) is 1. The van der Waals surface area contributed by atoms with Crippen LogP contribution in [0, 0.1) is 5.92 Å². The molecule has 1 aromatic carbocycles. The smallest absolute Gasteiger partial charge is 0.310 e. The van der Waals surface area contributed by atoms with Crippen LogP contribution in [0.5, 0.6) is 0 Å². The van der Waals surface area contributed by atoms with Crippen LogP contribution in [0.1, 0.15) is 30.9 Å². The highest BCUT2D eigenvalue weighted by Crippen LogP contribution is 2.20. The van der Waals surface area contributed by atoms with E-state index in [9.17, 15) is 4.79 Å². The molecule has 0 saturated carbocycles. The lowest BCUT2D eigenvalue weighted by atomic mass is 9.97. The quantitative estimate of drug-likeness (QED) is 0.835. The van der Waals surface area contributed by atoms with Crippen LogP contribution in [0.4, 0.5) is 0 Å². The standard InChI is InChI=1S/C16H24N2O2/c1-2-20-16(19)15-7-4-8-18(12-15)11-14-6-3-5-13(9-14)10-17/h3,5-6,9,15H,2,4,7-8,10-12,17H2,1H3. The lowest BCUT2D eigenvalue weighted by Crippen LogP contribution is -2.38. The van der Waals surface area contributed by atoms with E-state index < -0.39 is 0 Å². The molecule has 1 aliphatic heterocycles. The van der Waals surface area contributed by atoms with Gasteiger partial charge in [0.15, 0.2) is 0 Å². The Morgan fingerprint density at radius 2 is 2.25 bits per heavy atom. The molecule has 110 valence electrons. The van der Waals surface area contributed by atoms with Gasteiger partial charge in [-0.1, -0.05) is 24.3 Å². The lowest BCUT2D eigenvalue weighted by molar-refractivity contribution is -0.150. The number of carbonyl (C=O) groups excluding carboxylic acids is 1. The van der Waals surface area contributed by atoms with E-state index in [1.165, 1.54) is 5.56 Å². The summed E-state index contributed by atoms with van der Waals surface area (Å²) in [5.74, 6) is -0.0192. The molecular formula is C16H24N2O2. The van der Waals surface area contributed by atoms with E-state index in [1.54, 1.807) is 0 Å². The fourth-order valence-corrected chi connectivity index (χ4v) is 2.76. The molecule has 4 heteroatoms. The summed E-state index contributed by atoms with van der Waals surface area (Å²) in [5, 5.41) is 0. The summed E-state index contributed by atoms with van der Waals surface area (Å²) < 4.78 is 5.13. The third-order valence-corrected chi connectivity index (χ3v) is 3.76. The van der Waals surface area contributed by atoms with E-state index in [0.717, 1.165) is 38.0 Å². The van der Waals surface area contributed by atoms with Gasteiger partial charge in [0.25, 0.3) is 0 Å². The fourth-order valence-electron chi connectivity index (χ4n) is 2.76. The summed E-state index contributed by atoms with van der Waals surface area (Å²) in [4.78, 5) is 14.2. The second-order valence-corrected chi connectivity index (χ2v) is 5.35. The minimum atomic E-state index is -0.0482. The molecule has 0 aromatic heterocycles. The van der Waals surface area contributed by atoms with Gasteiger partial charge < -0.3 is 10.5 Å². The number of rotatable bonds is 5. The minimum Gasteiger partial charge on any atom is -0.466 e. The molecule has 2 N–H and O–H groups in total. The number of carbonyl (C=O) groups is 1. The topological polar surface area (TPSA) is 55.6 Å². The Morgan fingerprint density at radius 3 is 3.00 bits per heavy atom. The molecule has 0 bridgehead atoms. The summed E-state index contributed by atoms with van der Waals surface area (Å²) in [6.45, 7) is 5.61. The Morgan fingerprint density at radius 1 is 1.45 bits per heavy atom. The summed E-state index contributed by atoms with van der Waals surface area (Å²) >= 11 is 0. The molecule has 20 heavy (non-hydrogen) atoms. The van der Waals surface area contributed by atoms with Gasteiger partial charge in [0.05, 0.1) is 12.5 Å². The van der Waals surface area contributed by atoms with Crippen LogP contribution in [0.15, 0.2) is 24.3 Å². The van der Waals surface area contributed by atoms with Crippen LogP contribution in [-0.2, 0) is 22.6 Å². The predicted molar refractivity (Wildman–Crippen MR) is 79.0 cm³/mol. The van der Waals surface area contributed by atoms with Crippen molar-refractivity contribution in [2.45, 2.75) is 32.9 Å². The van der Waals surface area contributed by atoms with E-state index in [-0.39, 0.29) is 11.9 Å². The molecule has 2 rings (SSSR count). The molecule has 1 aliphatic rings. The first-order valence-corrected chi connectivity index (χ1v) is 7.39. The Labute approximate surface area is 120 Å². The van der Waals surface area contributed by atoms with E-state index in [0.29, 0.717) is 13.2 Å². The zero-order valence-electron chi connectivity index (χ0n) is 12.2. The highest BCUT2D eigenvalue weighted by atomic mass is 16.5. The number of ether oxygens (including phenoxy) is 1. The summed E-state index contributed by atoms with van der Waals surface area (Å²) in [6.07, 6.45) is 2.00. The maximum absolute atomic E-state index is 11.8. The van der Waals surface area contributed by atoms with Crippen LogP contribution < -0.4 is 5.73 Å². The average Bonchev–Trinajstić information content (AvgIpc) is 2.48. The maximum atomic E-state index is 11.8. The van der Waals surface area contributed by atoms with Gasteiger partial charge in [0, 0.05) is 19.6 Å². The average molecular weight is 276 g/mol. The van der Waals surface area contributed by atoms with Gasteiger partial charge >= 0.3 is 5.97 Å². The van der Waals surface area contributed by atoms with Gasteiger partial charge in [0.1, 0.15) is 0 Å². The van der Waals surface area contributed by atoms with Crippen LogP contribution in [-0.4, -0.2) is 30.6 Å². The van der Waals surface area contributed by atoms with Gasteiger partial charge in [-0.2, -0.15) is 0 Å². The second kappa shape index (κ2) is 7.41. The third kappa shape index (κ3) is 4.05. The number of benzene rings is 1. The number of likely N-dealkylation sites (tertiary alicyclic amines) is 1. The monoisotopic (exact) mass is 276 g/mol. The molecule has 1 saturated heterocycles. The number of nitrogens with zero attached hydrogens (tertiary/aromatic N) is 1. The molecule has 1 heterocycles. The van der Waals surface area contributed by atoms with Crippen molar-refractivity contribution < 1.29 is 9.53 Å². The zero-order chi connectivity index (χ0) is 14.4. The minimum absolute atomic E-state index is 0.0291. The Bertz CT molecular complexity index is 448. The van der Waals surface area contributed by atoms with Crippen molar-refractivity contribution in [2.24, 2.45) is 11.7 Å². The predicted octanol–water partition coefficient (Wildman–Crippen LogP) is 1.92. The van der Waals surface area contributed by atoms with Crippen LogP contribution in [0.2, 0.25) is 0 Å². The van der Waals surface area contributed by atoms with E-state index in [4.69, 9.17) is 10.5 Å². The molecule has 0 radical (unpaired) electrons. The largest absolute Gasteiger partial charge is 0.466 e. The summed E-state index contributed by atoms with van der Waals surface area (Å²) in [6, 6.07) is 8.35. The van der Waals surface area contributed by atoms with Crippen LogP contribution in [0.25, 0.3) is 0 Å². The fraction of sp³-hybridized carbons (Fsp3) is 0.562. The Balaban J connectivity index is 1.93. The SMILES string of the molecule is CCOC(=O)C1CCCN(Cc2cccc(CN)c2)C1. The highest BCUT2D eigenvalue weighted by molar-refractivity contribution is 5.72. The Hall–Kier alpha value is -1.39. The Kier molecular flexibility index (Phi) is 5.56. The van der Waals surface area contributed by atoms with E-state index >= 15 is 0 Å². The number of nitrogens with two attached hydrogens (primary N) is 1. The first kappa shape index (κ1) is 15.0. The zero-order valence-corrected chi connectivity index (χ0v) is 12.2. The van der Waals surface area contributed by atoms with E-state index in [1.807, 2.05) is 19.1 Å². The van der Waals surface area contributed by atoms with E-state index in [2.05, 4.69) is 17.0 Å². The third-order valence-electron chi connectivity index (χ3n) is 3.76. The molecular weight excluding hydrogens is 252 g/mol. The van der Waals surface area contributed by atoms with Crippen molar-refractivity contribution in [3.05, 3.63) is 35.4 Å². The first-order valence-electron chi connectivity index (χ1n) is 7.39. The lowest BCUT2D eigenvalue weighted by Gasteiger charge is -2.31. The molecule has 0 amide bonds. The normalized spacial score (nSPS) is 19.8. The van der Waals surface area contributed by atoms with Gasteiger partial charge in [-0.05, 0) is 37.4 Å². The van der Waals surface area contributed by atoms with Gasteiger partial charge in [-0.15, -0.1) is 0 Å². The molecule has 0 spiro atoms. The summed E-state index contributed by atoms with van der Waals surface area (Å²) in [7, 11) is 0. The molecule has 4 nitrogen and oxygen atoms in total. The van der Waals surface area contributed by atoms with Crippen molar-refractivity contribution in [1.82, 2.24) is 4.90 Å². The van der Waals surface area contributed by atoms with Crippen molar-refractivity contribution in [2.75, 3.05) is 19.7 Å². The number of esters is 1. The van der Waals surface area contributed by atoms with Crippen LogP contribution >= 0.6 is 0 Å². The van der Waals surface area contributed by atoms with Crippen molar-refractivity contribution in [3.63, 3.8) is 0 Å². The van der Waals surface area contributed by atoms with Gasteiger partial charge in [-0.25, -0.2) is 0 Å². The number of piperidine rings is 1. The molecule has 1 aromatic rings. The first-order chi connectivity index (χ1) is 9.72. The number of hydrogen-bond acceptors (Lipinski definition) is 4.